The minimum Gasteiger partial charge on any atom is -0.347 e. The van der Waals surface area contributed by atoms with E-state index in [9.17, 15) is 31.9 Å². The third-order valence-corrected chi connectivity index (χ3v) is 8.21. The van der Waals surface area contributed by atoms with E-state index in [2.05, 4.69) is 21.0 Å². The van der Waals surface area contributed by atoms with Gasteiger partial charge in [-0.3, -0.25) is 19.4 Å². The van der Waals surface area contributed by atoms with Gasteiger partial charge in [0.25, 0.3) is 5.56 Å². The Balaban J connectivity index is 1.31. The molecule has 2 atom stereocenters. The van der Waals surface area contributed by atoms with Gasteiger partial charge in [0.05, 0.1) is 30.0 Å². The lowest BCUT2D eigenvalue weighted by Crippen LogP contribution is -2.38. The predicted octanol–water partition coefficient (Wildman–Crippen LogP) is 5.09. The van der Waals surface area contributed by atoms with Crippen LogP contribution in [0.4, 0.5) is 27.6 Å². The fraction of sp³-hybridized carbons (Fsp3) is 0.548. The van der Waals surface area contributed by atoms with Crippen LogP contribution >= 0.6 is 0 Å². The van der Waals surface area contributed by atoms with E-state index in [4.69, 9.17) is 0 Å². The molecule has 0 aromatic carbocycles. The van der Waals surface area contributed by atoms with E-state index in [1.165, 1.54) is 23.5 Å². The number of anilines is 1. The van der Waals surface area contributed by atoms with Crippen LogP contribution < -0.4 is 21.6 Å². The molecule has 3 heterocycles. The average Bonchev–Trinajstić information content (AvgIpc) is 3.18. The van der Waals surface area contributed by atoms with E-state index in [0.29, 0.717) is 18.5 Å². The van der Waals surface area contributed by atoms with Crippen LogP contribution in [0.5, 0.6) is 0 Å². The highest BCUT2D eigenvalue weighted by Crippen LogP contribution is 2.29. The highest BCUT2D eigenvalue weighted by atomic mass is 19.4. The van der Waals surface area contributed by atoms with Crippen molar-refractivity contribution in [2.45, 2.75) is 83.7 Å². The molecule has 4 rings (SSSR count). The number of aryl methyl sites for hydroxylation is 1. The van der Waals surface area contributed by atoms with Crippen molar-refractivity contribution in [3.05, 3.63) is 69.8 Å². The number of hydrogen-bond acceptors (Lipinski definition) is 6. The van der Waals surface area contributed by atoms with Gasteiger partial charge >= 0.3 is 6.18 Å². The summed E-state index contributed by atoms with van der Waals surface area (Å²) in [5, 5.41) is 6.51. The maximum absolute atomic E-state index is 15.1. The number of carbonyl (C=O) groups excluding carboxylic acids is 2. The predicted molar refractivity (Wildman–Crippen MR) is 158 cm³/mol. The molecule has 0 bridgehead atoms. The zero-order valence-corrected chi connectivity index (χ0v) is 25.1. The number of aromatic nitrogens is 2. The van der Waals surface area contributed by atoms with Gasteiger partial charge in [0.15, 0.2) is 0 Å². The summed E-state index contributed by atoms with van der Waals surface area (Å²) in [6, 6.07) is 3.01. The Morgan fingerprint density at radius 2 is 1.91 bits per heavy atom. The Kier molecular flexibility index (Phi) is 11.7. The van der Waals surface area contributed by atoms with E-state index >= 15 is 4.39 Å². The van der Waals surface area contributed by atoms with Gasteiger partial charge in [-0.05, 0) is 55.7 Å². The number of carbonyl (C=O) groups is 2. The number of nitrogens with zero attached hydrogens (tertiary/aromatic N) is 3. The third kappa shape index (κ3) is 9.84. The van der Waals surface area contributed by atoms with Crippen molar-refractivity contribution in [1.82, 2.24) is 25.3 Å². The summed E-state index contributed by atoms with van der Waals surface area (Å²) in [5.74, 6) is -1.92. The second-order valence-corrected chi connectivity index (χ2v) is 11.7. The lowest BCUT2D eigenvalue weighted by atomic mass is 9.87. The largest absolute Gasteiger partial charge is 0.416 e. The zero-order chi connectivity index (χ0) is 32.6. The molecule has 0 saturated heterocycles. The van der Waals surface area contributed by atoms with Crippen LogP contribution in [0.2, 0.25) is 0 Å². The second-order valence-electron chi connectivity index (χ2n) is 11.7. The molecule has 2 aromatic heterocycles. The first kappa shape index (κ1) is 34.1. The lowest BCUT2D eigenvalue weighted by Gasteiger charge is -2.23. The Morgan fingerprint density at radius 1 is 1.16 bits per heavy atom. The van der Waals surface area contributed by atoms with E-state index in [0.717, 1.165) is 55.0 Å². The number of alkyl halides is 4. The molecular weight excluding hydrogens is 599 g/mol. The van der Waals surface area contributed by atoms with Gasteiger partial charge in [0.2, 0.25) is 17.6 Å². The number of rotatable bonds is 11. The van der Waals surface area contributed by atoms with Gasteiger partial charge in [0, 0.05) is 43.7 Å². The second kappa shape index (κ2) is 15.5. The first-order valence-electron chi connectivity index (χ1n) is 15.3. The van der Waals surface area contributed by atoms with E-state index in [1.807, 2.05) is 6.92 Å². The van der Waals surface area contributed by atoms with Crippen LogP contribution in [-0.2, 0) is 28.9 Å². The number of amides is 2. The highest BCUT2D eigenvalue weighted by Gasteiger charge is 2.31. The van der Waals surface area contributed by atoms with Crippen molar-refractivity contribution in [2.75, 3.05) is 18.4 Å². The first-order valence-corrected chi connectivity index (χ1v) is 15.3. The Bertz CT molecular complexity index is 1420. The molecule has 2 aromatic rings. The standard InChI is InChI=1S/C31H39F5N6O3/c1-20-7-12-39-42(19-25(20)29(44)38-17-24-16-22(8-11-37-24)31(34,35)36)18-23(32)9-13-41-14-10-26(28(33)30(41)45)40-27(43)15-21-5-3-2-4-6-21/h8,10-11,14,16,19-21,23,39H,2-7,9,12-13,15,17-18H2,1H3,(H,38,44)(H,40,43). The topological polar surface area (TPSA) is 108 Å². The van der Waals surface area contributed by atoms with Gasteiger partial charge in [-0.15, -0.1) is 0 Å². The molecule has 0 radical (unpaired) electrons. The summed E-state index contributed by atoms with van der Waals surface area (Å²) in [6.45, 7) is 1.74. The fourth-order valence-electron chi connectivity index (χ4n) is 5.60. The number of hydrazine groups is 1. The van der Waals surface area contributed by atoms with Gasteiger partial charge in [0.1, 0.15) is 6.17 Å². The molecule has 3 N–H and O–H groups in total. The van der Waals surface area contributed by atoms with Crippen molar-refractivity contribution >= 4 is 17.5 Å². The van der Waals surface area contributed by atoms with Gasteiger partial charge in [-0.1, -0.05) is 26.2 Å². The Morgan fingerprint density at radius 3 is 2.64 bits per heavy atom. The molecule has 0 spiro atoms. The fourth-order valence-corrected chi connectivity index (χ4v) is 5.60. The number of nitrogens with one attached hydrogen (secondary N) is 3. The lowest BCUT2D eigenvalue weighted by molar-refractivity contribution is -0.137. The molecule has 9 nitrogen and oxygen atoms in total. The summed E-state index contributed by atoms with van der Waals surface area (Å²) < 4.78 is 69.9. The molecule has 1 fully saturated rings. The summed E-state index contributed by atoms with van der Waals surface area (Å²) in [7, 11) is 0. The van der Waals surface area contributed by atoms with Crippen LogP contribution in [0.1, 0.15) is 69.5 Å². The zero-order valence-electron chi connectivity index (χ0n) is 25.1. The van der Waals surface area contributed by atoms with E-state index < -0.39 is 35.2 Å². The van der Waals surface area contributed by atoms with Gasteiger partial charge in [-0.25, -0.2) is 9.82 Å². The molecule has 14 heteroatoms. The summed E-state index contributed by atoms with van der Waals surface area (Å²) in [5.41, 5.74) is 1.36. The molecule has 2 unspecified atom stereocenters. The maximum atomic E-state index is 15.1. The highest BCUT2D eigenvalue weighted by molar-refractivity contribution is 5.93. The molecule has 1 saturated carbocycles. The summed E-state index contributed by atoms with van der Waals surface area (Å²) in [4.78, 5) is 41.8. The molecule has 246 valence electrons. The normalized spacial score (nSPS) is 18.6. The smallest absolute Gasteiger partial charge is 0.347 e. The third-order valence-electron chi connectivity index (χ3n) is 8.21. The molecule has 1 aliphatic carbocycles. The van der Waals surface area contributed by atoms with Crippen LogP contribution in [0, 0.1) is 17.7 Å². The van der Waals surface area contributed by atoms with Gasteiger partial charge < -0.3 is 20.2 Å². The molecule has 2 aliphatic rings. The number of hydrogen-bond donors (Lipinski definition) is 3. The van der Waals surface area contributed by atoms with Crippen LogP contribution in [0.25, 0.3) is 0 Å². The van der Waals surface area contributed by atoms with Crippen LogP contribution in [0.15, 0.2) is 47.2 Å². The SMILES string of the molecule is CC1CCNN(CC(F)CCn2ccc(NC(=O)CC3CCCCC3)c(F)c2=O)C=C1C(=O)NCc1cc(C(F)(F)F)ccn1. The number of halogens is 5. The molecule has 1 aliphatic heterocycles. The van der Waals surface area contributed by atoms with Crippen molar-refractivity contribution in [3.8, 4) is 0 Å². The van der Waals surface area contributed by atoms with Crippen molar-refractivity contribution in [2.24, 2.45) is 11.8 Å². The van der Waals surface area contributed by atoms with Crippen molar-refractivity contribution < 1.29 is 31.5 Å². The quantitative estimate of drug-likeness (QED) is 0.296. The minimum absolute atomic E-state index is 0.0420. The summed E-state index contributed by atoms with van der Waals surface area (Å²) >= 11 is 0. The Hall–Kier alpha value is -3.81. The van der Waals surface area contributed by atoms with E-state index in [-0.39, 0.29) is 61.6 Å². The van der Waals surface area contributed by atoms with Gasteiger partial charge in [-0.2, -0.15) is 17.6 Å². The number of pyridine rings is 2. The van der Waals surface area contributed by atoms with Crippen molar-refractivity contribution in [1.29, 1.82) is 0 Å². The maximum Gasteiger partial charge on any atom is 0.416 e. The minimum atomic E-state index is -4.54. The Labute approximate surface area is 258 Å². The van der Waals surface area contributed by atoms with Crippen LogP contribution in [-0.4, -0.2) is 45.6 Å². The molecule has 2 amide bonds. The van der Waals surface area contributed by atoms with E-state index in [1.54, 1.807) is 0 Å². The molecule has 45 heavy (non-hydrogen) atoms. The monoisotopic (exact) mass is 638 g/mol. The average molecular weight is 639 g/mol. The summed E-state index contributed by atoms with van der Waals surface area (Å²) in [6.07, 6.45) is 3.72. The first-order chi connectivity index (χ1) is 21.4. The molecular formula is C31H39F5N6O3. The van der Waals surface area contributed by atoms with Crippen molar-refractivity contribution in [3.63, 3.8) is 0 Å². The van der Waals surface area contributed by atoms with Crippen LogP contribution in [0.3, 0.4) is 0 Å².